The van der Waals surface area contributed by atoms with Crippen LogP contribution in [0, 0.1) is 0 Å². The Kier molecular flexibility index (Phi) is 3.71. The van der Waals surface area contributed by atoms with E-state index in [9.17, 15) is 4.79 Å². The van der Waals surface area contributed by atoms with Gasteiger partial charge >= 0.3 is 0 Å². The van der Waals surface area contributed by atoms with Gasteiger partial charge in [-0.3, -0.25) is 4.79 Å². The quantitative estimate of drug-likeness (QED) is 0.440. The van der Waals surface area contributed by atoms with Gasteiger partial charge < -0.3 is 4.90 Å². The predicted octanol–water partition coefficient (Wildman–Crippen LogP) is 1.55. The van der Waals surface area contributed by atoms with Gasteiger partial charge in [0, 0.05) is 20.3 Å². The molecule has 1 rings (SSSR count). The predicted molar refractivity (Wildman–Crippen MR) is 56.8 cm³/mol. The minimum Gasteiger partial charge on any atom is -0.345 e. The van der Waals surface area contributed by atoms with E-state index in [0.29, 0.717) is 10.6 Å². The molecule has 0 atom stereocenters. The Hall–Kier alpha value is -0.810. The van der Waals surface area contributed by atoms with Crippen molar-refractivity contribution in [1.82, 2.24) is 14.9 Å². The molecule has 6 heteroatoms. The molecule has 0 bridgehead atoms. The van der Waals surface area contributed by atoms with Crippen LogP contribution in [-0.2, 0) is 0 Å². The van der Waals surface area contributed by atoms with Crippen LogP contribution < -0.4 is 0 Å². The SMILES string of the molecule is CSc1nc(Cl)ncc1C(=O)N(C)C. The second-order valence-electron chi connectivity index (χ2n) is 2.76. The van der Waals surface area contributed by atoms with Gasteiger partial charge in [0.1, 0.15) is 5.03 Å². The first-order valence-electron chi connectivity index (χ1n) is 3.84. The Morgan fingerprint density at radius 2 is 2.21 bits per heavy atom. The monoisotopic (exact) mass is 231 g/mol. The highest BCUT2D eigenvalue weighted by atomic mass is 35.5. The molecule has 0 aliphatic carbocycles. The van der Waals surface area contributed by atoms with Gasteiger partial charge in [0.15, 0.2) is 0 Å². The van der Waals surface area contributed by atoms with Crippen molar-refractivity contribution >= 4 is 29.3 Å². The lowest BCUT2D eigenvalue weighted by molar-refractivity contribution is 0.0823. The molecule has 0 spiro atoms. The largest absolute Gasteiger partial charge is 0.345 e. The fraction of sp³-hybridized carbons (Fsp3) is 0.375. The van der Waals surface area contributed by atoms with Crippen LogP contribution in [0.2, 0.25) is 5.28 Å². The van der Waals surface area contributed by atoms with E-state index in [2.05, 4.69) is 9.97 Å². The number of halogens is 1. The molecule has 0 unspecified atom stereocenters. The van der Waals surface area contributed by atoms with Gasteiger partial charge in [-0.2, -0.15) is 0 Å². The Morgan fingerprint density at radius 3 is 2.71 bits per heavy atom. The molecular formula is C8H10ClN3OS. The number of carbonyl (C=O) groups excluding carboxylic acids is 1. The summed E-state index contributed by atoms with van der Waals surface area (Å²) in [7, 11) is 3.36. The summed E-state index contributed by atoms with van der Waals surface area (Å²) in [6.07, 6.45) is 3.29. The zero-order chi connectivity index (χ0) is 10.7. The van der Waals surface area contributed by atoms with Gasteiger partial charge in [-0.25, -0.2) is 9.97 Å². The average Bonchev–Trinajstić information content (AvgIpc) is 2.16. The Balaban J connectivity index is 3.14. The minimum absolute atomic E-state index is 0.119. The van der Waals surface area contributed by atoms with Gasteiger partial charge in [-0.15, -0.1) is 11.8 Å². The van der Waals surface area contributed by atoms with Gasteiger partial charge in [-0.1, -0.05) is 0 Å². The Morgan fingerprint density at radius 1 is 1.57 bits per heavy atom. The third-order valence-corrected chi connectivity index (χ3v) is 2.43. The number of carbonyl (C=O) groups is 1. The summed E-state index contributed by atoms with van der Waals surface area (Å²) >= 11 is 6.99. The second-order valence-corrected chi connectivity index (χ2v) is 3.89. The molecule has 0 fully saturated rings. The van der Waals surface area contributed by atoms with Crippen molar-refractivity contribution in [3.63, 3.8) is 0 Å². The molecule has 1 aromatic rings. The minimum atomic E-state index is -0.119. The molecule has 0 saturated heterocycles. The molecule has 0 saturated carbocycles. The van der Waals surface area contributed by atoms with E-state index in [1.165, 1.54) is 22.9 Å². The lowest BCUT2D eigenvalue weighted by Gasteiger charge is -2.11. The van der Waals surface area contributed by atoms with E-state index in [1.807, 2.05) is 6.26 Å². The van der Waals surface area contributed by atoms with Gasteiger partial charge in [0.2, 0.25) is 5.28 Å². The molecule has 1 aromatic heterocycles. The maximum atomic E-state index is 11.6. The second kappa shape index (κ2) is 4.61. The lowest BCUT2D eigenvalue weighted by Crippen LogP contribution is -2.22. The van der Waals surface area contributed by atoms with E-state index in [1.54, 1.807) is 14.1 Å². The molecule has 76 valence electrons. The first kappa shape index (κ1) is 11.3. The number of aromatic nitrogens is 2. The summed E-state index contributed by atoms with van der Waals surface area (Å²) in [4.78, 5) is 20.9. The average molecular weight is 232 g/mol. The summed E-state index contributed by atoms with van der Waals surface area (Å²) in [5.41, 5.74) is 0.479. The molecule has 14 heavy (non-hydrogen) atoms. The standard InChI is InChI=1S/C8H10ClN3OS/c1-12(2)7(13)5-4-10-8(9)11-6(5)14-3/h4H,1-3H3. The van der Waals surface area contributed by atoms with E-state index < -0.39 is 0 Å². The van der Waals surface area contributed by atoms with E-state index in [4.69, 9.17) is 11.6 Å². The Labute approximate surface area is 91.7 Å². The van der Waals surface area contributed by atoms with Crippen LogP contribution in [-0.4, -0.2) is 41.1 Å². The van der Waals surface area contributed by atoms with Crippen molar-refractivity contribution in [2.45, 2.75) is 5.03 Å². The smallest absolute Gasteiger partial charge is 0.257 e. The van der Waals surface area contributed by atoms with Gasteiger partial charge in [-0.05, 0) is 17.9 Å². The summed E-state index contributed by atoms with van der Waals surface area (Å²) < 4.78 is 0. The van der Waals surface area contributed by atoms with Gasteiger partial charge in [0.05, 0.1) is 5.56 Å². The van der Waals surface area contributed by atoms with Crippen LogP contribution in [0.15, 0.2) is 11.2 Å². The number of thioether (sulfide) groups is 1. The molecule has 0 aliphatic heterocycles. The maximum Gasteiger partial charge on any atom is 0.257 e. The van der Waals surface area contributed by atoms with Crippen molar-refractivity contribution in [1.29, 1.82) is 0 Å². The highest BCUT2D eigenvalue weighted by Crippen LogP contribution is 2.19. The topological polar surface area (TPSA) is 46.1 Å². The van der Waals surface area contributed by atoms with E-state index >= 15 is 0 Å². The summed E-state index contributed by atoms with van der Waals surface area (Å²) in [6, 6.07) is 0. The van der Waals surface area contributed by atoms with Crippen molar-refractivity contribution in [2.24, 2.45) is 0 Å². The molecule has 0 N–H and O–H groups in total. The summed E-state index contributed by atoms with van der Waals surface area (Å²) in [5.74, 6) is -0.119. The highest BCUT2D eigenvalue weighted by molar-refractivity contribution is 7.98. The van der Waals surface area contributed by atoms with Gasteiger partial charge in [0.25, 0.3) is 5.91 Å². The van der Waals surface area contributed by atoms with E-state index in [0.717, 1.165) is 0 Å². The molecule has 0 radical (unpaired) electrons. The molecule has 0 aliphatic rings. The van der Waals surface area contributed by atoms with Crippen LogP contribution in [0.1, 0.15) is 10.4 Å². The first-order chi connectivity index (χ1) is 6.56. The summed E-state index contributed by atoms with van der Waals surface area (Å²) in [5, 5.41) is 0.758. The number of hydrogen-bond donors (Lipinski definition) is 0. The number of rotatable bonds is 2. The fourth-order valence-electron chi connectivity index (χ4n) is 0.889. The molecule has 4 nitrogen and oxygen atoms in total. The zero-order valence-corrected chi connectivity index (χ0v) is 9.69. The zero-order valence-electron chi connectivity index (χ0n) is 8.11. The van der Waals surface area contributed by atoms with Crippen molar-refractivity contribution < 1.29 is 4.79 Å². The van der Waals surface area contributed by atoms with Crippen molar-refractivity contribution in [3.05, 3.63) is 17.0 Å². The van der Waals surface area contributed by atoms with Crippen molar-refractivity contribution in [2.75, 3.05) is 20.4 Å². The molecule has 1 amide bonds. The molecular weight excluding hydrogens is 222 g/mol. The van der Waals surface area contributed by atoms with Crippen LogP contribution in [0.3, 0.4) is 0 Å². The fourth-order valence-corrected chi connectivity index (χ4v) is 1.61. The van der Waals surface area contributed by atoms with E-state index in [-0.39, 0.29) is 11.2 Å². The number of amides is 1. The number of nitrogens with zero attached hydrogens (tertiary/aromatic N) is 3. The Bertz CT molecular complexity index is 356. The first-order valence-corrected chi connectivity index (χ1v) is 5.44. The third-order valence-electron chi connectivity index (χ3n) is 1.55. The van der Waals surface area contributed by atoms with Crippen LogP contribution in [0.25, 0.3) is 0 Å². The third kappa shape index (κ3) is 2.36. The molecule has 0 aromatic carbocycles. The van der Waals surface area contributed by atoms with Crippen LogP contribution in [0.4, 0.5) is 0 Å². The number of hydrogen-bond acceptors (Lipinski definition) is 4. The normalized spacial score (nSPS) is 10.0. The summed E-state index contributed by atoms with van der Waals surface area (Å²) in [6.45, 7) is 0. The highest BCUT2D eigenvalue weighted by Gasteiger charge is 2.14. The van der Waals surface area contributed by atoms with Crippen molar-refractivity contribution in [3.8, 4) is 0 Å². The van der Waals surface area contributed by atoms with Crippen LogP contribution in [0.5, 0.6) is 0 Å². The van der Waals surface area contributed by atoms with Crippen LogP contribution >= 0.6 is 23.4 Å². The maximum absolute atomic E-state index is 11.6. The lowest BCUT2D eigenvalue weighted by atomic mass is 10.3. The molecule has 1 heterocycles.